The number of nitrogens with zero attached hydrogens (tertiary/aromatic N) is 3. The molecule has 3 rings (SSSR count). The number of piperidine rings is 1. The number of carbonyl (C=O) groups excluding carboxylic acids is 1. The largest absolute Gasteiger partial charge is 0.411 e. The molecule has 1 aromatic carbocycles. The van der Waals surface area contributed by atoms with E-state index in [1.165, 1.54) is 24.2 Å². The molecule has 2 aromatic rings. The second-order valence-corrected chi connectivity index (χ2v) is 6.01. The molecule has 22 heavy (non-hydrogen) atoms. The van der Waals surface area contributed by atoms with Gasteiger partial charge in [-0.25, -0.2) is 4.39 Å². The molecule has 1 amide bonds. The quantitative estimate of drug-likeness (QED) is 0.810. The summed E-state index contributed by atoms with van der Waals surface area (Å²) in [6, 6.07) is 6.22. The molecule has 0 aliphatic carbocycles. The van der Waals surface area contributed by atoms with Crippen molar-refractivity contribution in [2.24, 2.45) is 0 Å². The van der Waals surface area contributed by atoms with Gasteiger partial charge in [0, 0.05) is 13.1 Å². The van der Waals surface area contributed by atoms with E-state index in [9.17, 15) is 9.18 Å². The number of thioether (sulfide) groups is 1. The molecule has 2 heterocycles. The molecular formula is C15H16FN3O2S. The maximum Gasteiger partial charge on any atom is 0.277 e. The summed E-state index contributed by atoms with van der Waals surface area (Å²) in [4.78, 5) is 13.9. The Morgan fingerprint density at radius 2 is 2.00 bits per heavy atom. The highest BCUT2D eigenvalue weighted by Crippen LogP contribution is 2.25. The van der Waals surface area contributed by atoms with E-state index in [0.29, 0.717) is 0 Å². The Labute approximate surface area is 131 Å². The fraction of sp³-hybridized carbons (Fsp3) is 0.400. The number of aromatic nitrogens is 2. The Morgan fingerprint density at radius 1 is 1.23 bits per heavy atom. The first-order valence-corrected chi connectivity index (χ1v) is 8.21. The molecule has 1 aromatic heterocycles. The lowest BCUT2D eigenvalue weighted by Crippen LogP contribution is -2.36. The van der Waals surface area contributed by atoms with Crippen molar-refractivity contribution in [3.8, 4) is 11.5 Å². The Kier molecular flexibility index (Phi) is 4.72. The average molecular weight is 321 g/mol. The number of rotatable bonds is 4. The number of carbonyl (C=O) groups is 1. The van der Waals surface area contributed by atoms with Crippen molar-refractivity contribution in [1.29, 1.82) is 0 Å². The van der Waals surface area contributed by atoms with E-state index in [2.05, 4.69) is 10.2 Å². The predicted octanol–water partition coefficient (Wildman–Crippen LogP) is 2.98. The molecule has 1 fully saturated rings. The van der Waals surface area contributed by atoms with Crippen LogP contribution in [0.4, 0.5) is 4.39 Å². The minimum Gasteiger partial charge on any atom is -0.411 e. The fourth-order valence-electron chi connectivity index (χ4n) is 2.37. The SMILES string of the molecule is O=C(CSc1nnc(-c2ccccc2F)o1)N1CCCCC1. The van der Waals surface area contributed by atoms with Gasteiger partial charge in [0.25, 0.3) is 11.1 Å². The summed E-state index contributed by atoms with van der Waals surface area (Å²) in [5.41, 5.74) is 0.268. The van der Waals surface area contributed by atoms with Crippen molar-refractivity contribution >= 4 is 17.7 Å². The molecule has 0 saturated carbocycles. The minimum atomic E-state index is -0.410. The molecule has 0 bridgehead atoms. The number of halogens is 1. The van der Waals surface area contributed by atoms with Crippen molar-refractivity contribution in [1.82, 2.24) is 15.1 Å². The molecule has 0 spiro atoms. The molecular weight excluding hydrogens is 305 g/mol. The zero-order valence-corrected chi connectivity index (χ0v) is 12.8. The van der Waals surface area contributed by atoms with Crippen LogP contribution in [0, 0.1) is 5.82 Å². The van der Waals surface area contributed by atoms with Crippen LogP contribution in [0.3, 0.4) is 0 Å². The van der Waals surface area contributed by atoms with Gasteiger partial charge in [-0.1, -0.05) is 23.9 Å². The number of benzene rings is 1. The Morgan fingerprint density at radius 3 is 2.77 bits per heavy atom. The van der Waals surface area contributed by atoms with Gasteiger partial charge >= 0.3 is 0 Å². The molecule has 0 unspecified atom stereocenters. The Hall–Kier alpha value is -1.89. The summed E-state index contributed by atoms with van der Waals surface area (Å²) < 4.78 is 19.1. The lowest BCUT2D eigenvalue weighted by Gasteiger charge is -2.26. The van der Waals surface area contributed by atoms with E-state index in [-0.39, 0.29) is 28.3 Å². The molecule has 0 atom stereocenters. The van der Waals surface area contributed by atoms with Crippen LogP contribution in [0.1, 0.15) is 19.3 Å². The molecule has 1 aliphatic rings. The monoisotopic (exact) mass is 321 g/mol. The number of hydrogen-bond acceptors (Lipinski definition) is 5. The zero-order chi connectivity index (χ0) is 15.4. The Bertz CT molecular complexity index is 656. The van der Waals surface area contributed by atoms with E-state index >= 15 is 0 Å². The lowest BCUT2D eigenvalue weighted by molar-refractivity contribution is -0.129. The Balaban J connectivity index is 1.60. The second kappa shape index (κ2) is 6.91. The van der Waals surface area contributed by atoms with Gasteiger partial charge in [-0.2, -0.15) is 0 Å². The van der Waals surface area contributed by atoms with E-state index in [1.54, 1.807) is 18.2 Å². The van der Waals surface area contributed by atoms with Crippen LogP contribution in [0.5, 0.6) is 0 Å². The molecule has 0 N–H and O–H groups in total. The van der Waals surface area contributed by atoms with Gasteiger partial charge in [0.1, 0.15) is 5.82 Å². The van der Waals surface area contributed by atoms with E-state index in [1.807, 2.05) is 4.90 Å². The molecule has 1 aliphatic heterocycles. The van der Waals surface area contributed by atoms with Gasteiger partial charge < -0.3 is 9.32 Å². The van der Waals surface area contributed by atoms with E-state index in [4.69, 9.17) is 4.42 Å². The lowest BCUT2D eigenvalue weighted by atomic mass is 10.1. The number of hydrogen-bond donors (Lipinski definition) is 0. The van der Waals surface area contributed by atoms with Gasteiger partial charge in [-0.3, -0.25) is 4.79 Å². The third kappa shape index (κ3) is 3.47. The molecule has 116 valence electrons. The minimum absolute atomic E-state index is 0.0790. The summed E-state index contributed by atoms with van der Waals surface area (Å²) >= 11 is 1.19. The van der Waals surface area contributed by atoms with Gasteiger partial charge in [0.05, 0.1) is 11.3 Å². The smallest absolute Gasteiger partial charge is 0.277 e. The van der Waals surface area contributed by atoms with Crippen LogP contribution in [-0.2, 0) is 4.79 Å². The topological polar surface area (TPSA) is 59.2 Å². The third-order valence-corrected chi connectivity index (χ3v) is 4.34. The van der Waals surface area contributed by atoms with Crippen LogP contribution >= 0.6 is 11.8 Å². The molecule has 7 heteroatoms. The molecule has 0 radical (unpaired) electrons. The van der Waals surface area contributed by atoms with Gasteiger partial charge in [-0.05, 0) is 31.4 Å². The first-order chi connectivity index (χ1) is 10.7. The molecule has 5 nitrogen and oxygen atoms in total. The normalized spacial score (nSPS) is 15.0. The van der Waals surface area contributed by atoms with E-state index in [0.717, 1.165) is 25.9 Å². The fourth-order valence-corrected chi connectivity index (χ4v) is 3.04. The second-order valence-electron chi connectivity index (χ2n) is 5.08. The maximum atomic E-state index is 13.6. The summed E-state index contributed by atoms with van der Waals surface area (Å²) in [5, 5.41) is 7.98. The van der Waals surface area contributed by atoms with Crippen LogP contribution < -0.4 is 0 Å². The zero-order valence-electron chi connectivity index (χ0n) is 12.0. The third-order valence-electron chi connectivity index (χ3n) is 3.54. The highest BCUT2D eigenvalue weighted by atomic mass is 32.2. The summed E-state index contributed by atoms with van der Waals surface area (Å²) in [6.07, 6.45) is 3.31. The van der Waals surface area contributed by atoms with Crippen molar-refractivity contribution in [3.05, 3.63) is 30.1 Å². The maximum absolute atomic E-state index is 13.6. The summed E-state index contributed by atoms with van der Waals surface area (Å²) in [5.74, 6) is 0.0623. The van der Waals surface area contributed by atoms with Crippen LogP contribution in [0.2, 0.25) is 0 Å². The van der Waals surface area contributed by atoms with Crippen molar-refractivity contribution in [2.75, 3.05) is 18.8 Å². The summed E-state index contributed by atoms with van der Waals surface area (Å²) in [6.45, 7) is 1.65. The van der Waals surface area contributed by atoms with Crippen molar-refractivity contribution < 1.29 is 13.6 Å². The standard InChI is InChI=1S/C15H16FN3O2S/c16-12-7-3-2-6-11(12)14-17-18-15(21-14)22-10-13(20)19-8-4-1-5-9-19/h2-3,6-7H,1,4-5,8-10H2. The van der Waals surface area contributed by atoms with E-state index < -0.39 is 5.82 Å². The van der Waals surface area contributed by atoms with Crippen molar-refractivity contribution in [2.45, 2.75) is 24.5 Å². The number of amides is 1. The van der Waals surface area contributed by atoms with Crippen LogP contribution in [0.25, 0.3) is 11.5 Å². The van der Waals surface area contributed by atoms with Crippen LogP contribution in [0.15, 0.2) is 33.9 Å². The van der Waals surface area contributed by atoms with Crippen LogP contribution in [-0.4, -0.2) is 39.8 Å². The highest BCUT2D eigenvalue weighted by molar-refractivity contribution is 7.99. The molecule has 1 saturated heterocycles. The highest BCUT2D eigenvalue weighted by Gasteiger charge is 2.18. The van der Waals surface area contributed by atoms with Gasteiger partial charge in [0.2, 0.25) is 5.91 Å². The van der Waals surface area contributed by atoms with Gasteiger partial charge in [0.15, 0.2) is 0 Å². The first-order valence-electron chi connectivity index (χ1n) is 7.23. The summed E-state index contributed by atoms with van der Waals surface area (Å²) in [7, 11) is 0. The average Bonchev–Trinajstić information content (AvgIpc) is 3.02. The predicted molar refractivity (Wildman–Crippen MR) is 80.8 cm³/mol. The first kappa shape index (κ1) is 15.0. The van der Waals surface area contributed by atoms with Gasteiger partial charge in [-0.15, -0.1) is 10.2 Å². The number of likely N-dealkylation sites (tertiary alicyclic amines) is 1. The van der Waals surface area contributed by atoms with Crippen molar-refractivity contribution in [3.63, 3.8) is 0 Å².